The maximum Gasteiger partial charge on any atom is 0.478 e. The molecule has 0 heterocycles. The molecule has 4 aliphatic rings. The molecule has 0 spiro atoms. The van der Waals surface area contributed by atoms with Gasteiger partial charge in [0.25, 0.3) is 0 Å². The zero-order valence-electron chi connectivity index (χ0n) is 20.5. The highest BCUT2D eigenvalue weighted by Gasteiger charge is 2.75. The summed E-state index contributed by atoms with van der Waals surface area (Å²) in [6, 6.07) is 0. The first-order chi connectivity index (χ1) is 16.7. The van der Waals surface area contributed by atoms with Crippen LogP contribution in [0.5, 0.6) is 0 Å². The van der Waals surface area contributed by atoms with Crippen LogP contribution in [-0.2, 0) is 23.0 Å². The van der Waals surface area contributed by atoms with Gasteiger partial charge in [-0.3, -0.25) is 9.59 Å². The van der Waals surface area contributed by atoms with Crippen molar-refractivity contribution in [1.29, 1.82) is 0 Å². The van der Waals surface area contributed by atoms with Crippen molar-refractivity contribution < 1.29 is 62.3 Å². The summed E-state index contributed by atoms with van der Waals surface area (Å²) in [6.07, 6.45) is 4.44. The molecule has 37 heavy (non-hydrogen) atoms. The molecule has 15 heteroatoms. The number of rotatable bonds is 4. The second-order valence-electron chi connectivity index (χ2n) is 10.8. The van der Waals surface area contributed by atoms with Gasteiger partial charge in [-0.25, -0.2) is 13.5 Å². The molecule has 0 aromatic carbocycles. The number of hydrogen-bond donors (Lipinski definition) is 7. The van der Waals surface area contributed by atoms with Crippen LogP contribution in [0.25, 0.3) is 0 Å². The molecular formula is C22H33FO12P2. The maximum atomic E-state index is 16.9. The third-order valence-corrected chi connectivity index (χ3v) is 10.7. The van der Waals surface area contributed by atoms with Crippen molar-refractivity contribution in [2.75, 3.05) is 6.61 Å². The molecule has 4 aliphatic carbocycles. The lowest BCUT2D eigenvalue weighted by Gasteiger charge is -2.62. The molecule has 0 aromatic heterocycles. The van der Waals surface area contributed by atoms with Gasteiger partial charge in [-0.15, -0.1) is 0 Å². The van der Waals surface area contributed by atoms with Crippen LogP contribution in [0.1, 0.15) is 46.5 Å². The molecule has 0 bridgehead atoms. The van der Waals surface area contributed by atoms with Crippen LogP contribution in [0.2, 0.25) is 0 Å². The molecule has 0 aromatic rings. The van der Waals surface area contributed by atoms with E-state index in [-0.39, 0.29) is 18.1 Å². The van der Waals surface area contributed by atoms with Gasteiger partial charge < -0.3 is 34.9 Å². The van der Waals surface area contributed by atoms with Crippen LogP contribution in [-0.4, -0.2) is 70.4 Å². The molecule has 0 amide bonds. The number of aliphatic hydroxyl groups excluding tert-OH is 2. The van der Waals surface area contributed by atoms with Crippen LogP contribution in [0.4, 0.5) is 4.39 Å². The Kier molecular flexibility index (Phi) is 7.83. The first-order valence-corrected chi connectivity index (χ1v) is 14.7. The second-order valence-corrected chi connectivity index (χ2v) is 13.4. The number of fused-ring (bicyclic) bond motifs is 5. The first-order valence-electron chi connectivity index (χ1n) is 11.7. The number of phosphoric acid groups is 2. The Balaban J connectivity index is 0.000000364. The first kappa shape index (κ1) is 30.4. The highest BCUT2D eigenvalue weighted by molar-refractivity contribution is 7.60. The van der Waals surface area contributed by atoms with Crippen molar-refractivity contribution in [2.45, 2.75) is 63.8 Å². The molecule has 8 atom stereocenters. The molecule has 4 rings (SSSR count). The van der Waals surface area contributed by atoms with E-state index in [0.717, 1.165) is 0 Å². The fourth-order valence-electron chi connectivity index (χ4n) is 7.40. The summed E-state index contributed by atoms with van der Waals surface area (Å²) < 4.78 is 39.1. The summed E-state index contributed by atoms with van der Waals surface area (Å²) >= 11 is 0. The van der Waals surface area contributed by atoms with Gasteiger partial charge >= 0.3 is 15.6 Å². The molecule has 0 aliphatic heterocycles. The van der Waals surface area contributed by atoms with Gasteiger partial charge in [0.2, 0.25) is 0 Å². The molecule has 3 fully saturated rings. The third-order valence-electron chi connectivity index (χ3n) is 9.00. The number of aliphatic hydroxyl groups is 3. The van der Waals surface area contributed by atoms with Crippen LogP contribution in [0.15, 0.2) is 23.8 Å². The minimum Gasteiger partial charge on any atom is -0.390 e. The van der Waals surface area contributed by atoms with E-state index >= 15 is 4.39 Å². The fraction of sp³-hybridized carbons (Fsp3) is 0.727. The monoisotopic (exact) mass is 570 g/mol. The summed E-state index contributed by atoms with van der Waals surface area (Å²) in [5, 5.41) is 32.0. The Hall–Kier alpha value is -1.11. The summed E-state index contributed by atoms with van der Waals surface area (Å²) in [5.74, 6) is -2.12. The van der Waals surface area contributed by atoms with Gasteiger partial charge in [-0.05, 0) is 56.6 Å². The van der Waals surface area contributed by atoms with Gasteiger partial charge in [0.05, 0.1) is 6.10 Å². The lowest BCUT2D eigenvalue weighted by atomic mass is 9.44. The molecule has 1 unspecified atom stereocenters. The van der Waals surface area contributed by atoms with Gasteiger partial charge in [-0.2, -0.15) is 4.31 Å². The SMILES string of the molecule is C[C@@H]1C[C@H]2[C@@H]3CCC4=CC(=O)C=C[C@]4(C)C3(F)[C@@H](O)C[C@]2(C)[C@@]1(O)C(=O)CO.O=P(O)(O)OP(=O)(O)O. The van der Waals surface area contributed by atoms with E-state index in [9.17, 15) is 34.0 Å². The fourth-order valence-corrected chi connectivity index (χ4v) is 8.51. The third kappa shape index (κ3) is 4.78. The van der Waals surface area contributed by atoms with Crippen molar-refractivity contribution in [3.8, 4) is 0 Å². The standard InChI is InChI=1S/C22H29FO5.H4O7P2/c1-12-8-16-15-5-4-13-9-14(25)6-7-19(13,2)21(15,23)17(26)10-20(16,3)22(12,28)18(27)11-24;1-8(2,3)7-9(4,5)6/h6-7,9,12,15-17,24,26,28H,4-5,8,10-11H2,1-3H3;(H2,1,2,3)(H2,4,5,6)/t12-,15+,16+,17+,19+,20+,21?,22+;/m1./s1. The molecule has 0 radical (unpaired) electrons. The second kappa shape index (κ2) is 9.52. The number of alkyl halides is 1. The predicted molar refractivity (Wildman–Crippen MR) is 125 cm³/mol. The Bertz CT molecular complexity index is 1110. The van der Waals surface area contributed by atoms with E-state index < -0.39 is 68.1 Å². The number of hydrogen-bond acceptors (Lipinski definition) is 8. The average molecular weight is 570 g/mol. The number of carbonyl (C=O) groups excluding carboxylic acids is 2. The van der Waals surface area contributed by atoms with Crippen LogP contribution in [0.3, 0.4) is 0 Å². The Morgan fingerprint density at radius 1 is 1.16 bits per heavy atom. The van der Waals surface area contributed by atoms with E-state index in [4.69, 9.17) is 19.6 Å². The van der Waals surface area contributed by atoms with E-state index in [0.29, 0.717) is 24.8 Å². The van der Waals surface area contributed by atoms with Gasteiger partial charge in [-0.1, -0.05) is 25.5 Å². The van der Waals surface area contributed by atoms with Gasteiger partial charge in [0, 0.05) is 16.7 Å². The van der Waals surface area contributed by atoms with Crippen molar-refractivity contribution in [1.82, 2.24) is 0 Å². The van der Waals surface area contributed by atoms with Gasteiger partial charge in [0.1, 0.15) is 12.2 Å². The molecule has 3 saturated carbocycles. The van der Waals surface area contributed by atoms with Crippen LogP contribution >= 0.6 is 15.6 Å². The average Bonchev–Trinajstić information content (AvgIpc) is 2.94. The number of ketones is 2. The molecule has 0 saturated heterocycles. The minimum absolute atomic E-state index is 0.0676. The Labute approximate surface area is 212 Å². The largest absolute Gasteiger partial charge is 0.478 e. The lowest BCUT2D eigenvalue weighted by Crippen LogP contribution is -2.69. The number of Topliss-reactive ketones (excluding diaryl/α,β-unsaturated/α-hetero) is 1. The quantitative estimate of drug-likeness (QED) is 0.236. The highest BCUT2D eigenvalue weighted by Crippen LogP contribution is 2.70. The van der Waals surface area contributed by atoms with Gasteiger partial charge in [0.15, 0.2) is 17.2 Å². The van der Waals surface area contributed by atoms with Crippen LogP contribution < -0.4 is 0 Å². The highest BCUT2D eigenvalue weighted by atomic mass is 31.3. The zero-order chi connectivity index (χ0) is 28.4. The summed E-state index contributed by atoms with van der Waals surface area (Å²) in [5.41, 5.74) is -5.17. The Morgan fingerprint density at radius 2 is 1.73 bits per heavy atom. The molecular weight excluding hydrogens is 537 g/mol. The summed E-state index contributed by atoms with van der Waals surface area (Å²) in [7, 11) is -10.1. The summed E-state index contributed by atoms with van der Waals surface area (Å²) in [4.78, 5) is 55.4. The number of allylic oxidation sites excluding steroid dienone is 4. The predicted octanol–water partition coefficient (Wildman–Crippen LogP) is 1.08. The van der Waals surface area contributed by atoms with Crippen molar-refractivity contribution in [3.05, 3.63) is 23.8 Å². The van der Waals surface area contributed by atoms with E-state index in [2.05, 4.69) is 4.31 Å². The van der Waals surface area contributed by atoms with Crippen molar-refractivity contribution >= 4 is 27.2 Å². The van der Waals surface area contributed by atoms with E-state index in [1.165, 1.54) is 12.2 Å². The summed E-state index contributed by atoms with van der Waals surface area (Å²) in [6.45, 7) is 4.48. The topological polar surface area (TPSA) is 219 Å². The molecule has 210 valence electrons. The Morgan fingerprint density at radius 3 is 2.22 bits per heavy atom. The zero-order valence-corrected chi connectivity index (χ0v) is 22.3. The smallest absolute Gasteiger partial charge is 0.390 e. The molecule has 7 N–H and O–H groups in total. The minimum atomic E-state index is -5.05. The maximum absolute atomic E-state index is 16.9. The number of carbonyl (C=O) groups is 2. The van der Waals surface area contributed by atoms with Crippen molar-refractivity contribution in [2.24, 2.45) is 28.6 Å². The van der Waals surface area contributed by atoms with E-state index in [1.54, 1.807) is 26.8 Å². The number of halogens is 1. The van der Waals surface area contributed by atoms with E-state index in [1.807, 2.05) is 0 Å². The normalized spacial score (nSPS) is 43.1. The lowest BCUT2D eigenvalue weighted by molar-refractivity contribution is -0.219. The van der Waals surface area contributed by atoms with Crippen molar-refractivity contribution in [3.63, 3.8) is 0 Å². The van der Waals surface area contributed by atoms with Crippen LogP contribution in [0, 0.1) is 28.6 Å². The molecule has 12 nitrogen and oxygen atoms in total.